The quantitative estimate of drug-likeness (QED) is 0.806. The lowest BCUT2D eigenvalue weighted by molar-refractivity contribution is -0.137. The first-order valence-corrected chi connectivity index (χ1v) is 9.13. The number of benzene rings is 1. The van der Waals surface area contributed by atoms with Crippen LogP contribution in [0.25, 0.3) is 0 Å². The van der Waals surface area contributed by atoms with Crippen molar-refractivity contribution in [3.05, 3.63) is 28.8 Å². The number of hydrogen-bond acceptors (Lipinski definition) is 4. The number of amides is 2. The van der Waals surface area contributed by atoms with Gasteiger partial charge in [0, 0.05) is 19.5 Å². The molecule has 1 atom stereocenters. The van der Waals surface area contributed by atoms with Gasteiger partial charge in [-0.2, -0.15) is 13.2 Å². The summed E-state index contributed by atoms with van der Waals surface area (Å²) in [4.78, 5) is 29.7. The molecule has 1 fully saturated rings. The molecule has 1 unspecified atom stereocenters. The molecule has 0 radical (unpaired) electrons. The third-order valence-corrected chi connectivity index (χ3v) is 5.07. The summed E-state index contributed by atoms with van der Waals surface area (Å²) in [5.41, 5.74) is -0.952. The van der Waals surface area contributed by atoms with E-state index in [1.54, 1.807) is 13.8 Å². The maximum Gasteiger partial charge on any atom is 0.417 e. The molecule has 1 N–H and O–H groups in total. The first-order chi connectivity index (χ1) is 12.2. The highest BCUT2D eigenvalue weighted by molar-refractivity contribution is 8.15. The molecular formula is C16H17ClF3N3O2S. The Hall–Kier alpha value is -1.74. The number of carbonyl (C=O) groups is 2. The monoisotopic (exact) mass is 407 g/mol. The Labute approximate surface area is 158 Å². The first-order valence-electron chi connectivity index (χ1n) is 7.87. The van der Waals surface area contributed by atoms with E-state index in [0.717, 1.165) is 23.9 Å². The Morgan fingerprint density at radius 3 is 2.65 bits per heavy atom. The lowest BCUT2D eigenvalue weighted by Gasteiger charge is -2.14. The summed E-state index contributed by atoms with van der Waals surface area (Å²) in [6, 6.07) is 3.31. The van der Waals surface area contributed by atoms with Gasteiger partial charge >= 0.3 is 6.18 Å². The smallest absolute Gasteiger partial charge is 0.356 e. The van der Waals surface area contributed by atoms with Crippen molar-refractivity contribution in [1.29, 1.82) is 0 Å². The number of amidine groups is 1. The van der Waals surface area contributed by atoms with Gasteiger partial charge in [0.2, 0.25) is 11.8 Å². The Kier molecular flexibility index (Phi) is 6.57. The van der Waals surface area contributed by atoms with Crippen molar-refractivity contribution in [2.24, 2.45) is 4.99 Å². The van der Waals surface area contributed by atoms with Crippen LogP contribution >= 0.6 is 23.4 Å². The van der Waals surface area contributed by atoms with Gasteiger partial charge < -0.3 is 5.32 Å². The summed E-state index contributed by atoms with van der Waals surface area (Å²) in [6.07, 6.45) is -4.61. The molecule has 0 spiro atoms. The van der Waals surface area contributed by atoms with Crippen LogP contribution < -0.4 is 5.32 Å². The number of aliphatic imine (C=N–C) groups is 1. The van der Waals surface area contributed by atoms with Crippen LogP contribution in [0.5, 0.6) is 0 Å². The van der Waals surface area contributed by atoms with E-state index in [9.17, 15) is 22.8 Å². The van der Waals surface area contributed by atoms with Crippen LogP contribution in [0, 0.1) is 0 Å². The molecule has 0 saturated carbocycles. The number of thioether (sulfide) groups is 1. The van der Waals surface area contributed by atoms with Gasteiger partial charge in [0.05, 0.1) is 16.3 Å². The number of rotatable bonds is 5. The average Bonchev–Trinajstić information content (AvgIpc) is 2.83. The molecule has 142 valence electrons. The van der Waals surface area contributed by atoms with Crippen LogP contribution in [0.2, 0.25) is 5.02 Å². The molecule has 0 aromatic heterocycles. The summed E-state index contributed by atoms with van der Waals surface area (Å²) in [5.74, 6) is -0.547. The van der Waals surface area contributed by atoms with Crippen molar-refractivity contribution in [3.8, 4) is 0 Å². The lowest BCUT2D eigenvalue weighted by Crippen LogP contribution is -2.34. The largest absolute Gasteiger partial charge is 0.417 e. The summed E-state index contributed by atoms with van der Waals surface area (Å²) >= 11 is 6.67. The molecular weight excluding hydrogens is 391 g/mol. The Morgan fingerprint density at radius 1 is 1.38 bits per heavy atom. The van der Waals surface area contributed by atoms with Crippen LogP contribution in [0.1, 0.15) is 25.8 Å². The van der Waals surface area contributed by atoms with Crippen LogP contribution in [-0.2, 0) is 15.8 Å². The molecule has 1 heterocycles. The number of carbonyl (C=O) groups excluding carboxylic acids is 2. The van der Waals surface area contributed by atoms with E-state index in [4.69, 9.17) is 11.6 Å². The third-order valence-electron chi connectivity index (χ3n) is 3.56. The molecule has 2 amide bonds. The van der Waals surface area contributed by atoms with Gasteiger partial charge in [-0.3, -0.25) is 14.5 Å². The van der Waals surface area contributed by atoms with Gasteiger partial charge in [-0.15, -0.1) is 0 Å². The van der Waals surface area contributed by atoms with E-state index in [2.05, 4.69) is 10.3 Å². The molecule has 1 aliphatic heterocycles. The maximum absolute atomic E-state index is 13.0. The topological polar surface area (TPSA) is 61.8 Å². The first kappa shape index (κ1) is 20.6. The number of nitrogens with zero attached hydrogens (tertiary/aromatic N) is 2. The van der Waals surface area contributed by atoms with Gasteiger partial charge in [-0.05, 0) is 32.0 Å². The predicted octanol–water partition coefficient (Wildman–Crippen LogP) is 3.84. The molecule has 26 heavy (non-hydrogen) atoms. The highest BCUT2D eigenvalue weighted by Crippen LogP contribution is 2.38. The predicted molar refractivity (Wildman–Crippen MR) is 95.6 cm³/mol. The average molecular weight is 408 g/mol. The van der Waals surface area contributed by atoms with Gasteiger partial charge in [-0.25, -0.2) is 4.99 Å². The Balaban J connectivity index is 2.29. The van der Waals surface area contributed by atoms with Gasteiger partial charge in [0.1, 0.15) is 5.25 Å². The van der Waals surface area contributed by atoms with Crippen molar-refractivity contribution in [2.75, 3.05) is 13.1 Å². The minimum atomic E-state index is -4.60. The minimum Gasteiger partial charge on any atom is -0.356 e. The second-order valence-corrected chi connectivity index (χ2v) is 6.98. The van der Waals surface area contributed by atoms with Gasteiger partial charge in [0.15, 0.2) is 5.17 Å². The van der Waals surface area contributed by atoms with Crippen LogP contribution in [0.4, 0.5) is 18.9 Å². The fourth-order valence-electron chi connectivity index (χ4n) is 2.36. The van der Waals surface area contributed by atoms with E-state index < -0.39 is 22.0 Å². The van der Waals surface area contributed by atoms with Crippen molar-refractivity contribution < 1.29 is 22.8 Å². The Bertz CT molecular complexity index is 740. The second-order valence-electron chi connectivity index (χ2n) is 5.40. The number of nitrogens with one attached hydrogen (secondary N) is 1. The fraction of sp³-hybridized carbons (Fsp3) is 0.438. The van der Waals surface area contributed by atoms with Crippen molar-refractivity contribution in [2.45, 2.75) is 31.7 Å². The summed E-state index contributed by atoms with van der Waals surface area (Å²) in [6.45, 7) is 4.25. The molecule has 1 saturated heterocycles. The van der Waals surface area contributed by atoms with E-state index in [1.165, 1.54) is 11.0 Å². The number of alkyl halides is 3. The van der Waals surface area contributed by atoms with E-state index in [1.807, 2.05) is 0 Å². The zero-order chi connectivity index (χ0) is 19.5. The van der Waals surface area contributed by atoms with Crippen molar-refractivity contribution >= 4 is 46.0 Å². The maximum atomic E-state index is 13.0. The van der Waals surface area contributed by atoms with Crippen LogP contribution in [0.3, 0.4) is 0 Å². The highest BCUT2D eigenvalue weighted by Gasteiger charge is 2.38. The minimum absolute atomic E-state index is 0.0126. The molecule has 10 heteroatoms. The number of halogens is 4. The van der Waals surface area contributed by atoms with E-state index >= 15 is 0 Å². The second kappa shape index (κ2) is 8.30. The summed E-state index contributed by atoms with van der Waals surface area (Å²) in [7, 11) is 0. The molecule has 0 bridgehead atoms. The van der Waals surface area contributed by atoms with Gasteiger partial charge in [-0.1, -0.05) is 23.4 Å². The summed E-state index contributed by atoms with van der Waals surface area (Å²) in [5, 5.41) is 1.82. The fourth-order valence-corrected chi connectivity index (χ4v) is 3.81. The number of hydrogen-bond donors (Lipinski definition) is 1. The SMILES string of the molecule is CCNC(=O)CC1SC(=Nc2ccc(Cl)c(C(F)(F)F)c2)N(CC)C1=O. The van der Waals surface area contributed by atoms with E-state index in [0.29, 0.717) is 13.1 Å². The van der Waals surface area contributed by atoms with Gasteiger partial charge in [0.25, 0.3) is 0 Å². The molecule has 5 nitrogen and oxygen atoms in total. The zero-order valence-corrected chi connectivity index (χ0v) is 15.6. The normalized spacial score (nSPS) is 19.3. The third kappa shape index (κ3) is 4.70. The molecule has 2 rings (SSSR count). The molecule has 1 aromatic rings. The Morgan fingerprint density at radius 2 is 2.08 bits per heavy atom. The van der Waals surface area contributed by atoms with Crippen molar-refractivity contribution in [3.63, 3.8) is 0 Å². The highest BCUT2D eigenvalue weighted by atomic mass is 35.5. The van der Waals surface area contributed by atoms with E-state index in [-0.39, 0.29) is 29.1 Å². The lowest BCUT2D eigenvalue weighted by atomic mass is 10.2. The standard InChI is InChI=1S/C16H17ClF3N3O2S/c1-3-21-13(24)8-12-14(25)23(4-2)15(26-12)22-9-5-6-11(17)10(7-9)16(18,19)20/h5-7,12H,3-4,8H2,1-2H3,(H,21,24). The molecule has 1 aliphatic rings. The summed E-state index contributed by atoms with van der Waals surface area (Å²) < 4.78 is 38.9. The molecule has 0 aliphatic carbocycles. The van der Waals surface area contributed by atoms with Crippen LogP contribution in [-0.4, -0.2) is 40.2 Å². The zero-order valence-electron chi connectivity index (χ0n) is 14.1. The molecule has 1 aromatic carbocycles. The van der Waals surface area contributed by atoms with Crippen molar-refractivity contribution in [1.82, 2.24) is 10.2 Å². The van der Waals surface area contributed by atoms with Crippen LogP contribution in [0.15, 0.2) is 23.2 Å².